The van der Waals surface area contributed by atoms with Gasteiger partial charge in [0.2, 0.25) is 0 Å². The van der Waals surface area contributed by atoms with Crippen molar-refractivity contribution in [1.82, 2.24) is 15.3 Å². The zero-order valence-corrected chi connectivity index (χ0v) is 11.6. The van der Waals surface area contributed by atoms with Crippen molar-refractivity contribution in [3.63, 3.8) is 0 Å². The number of halogens is 1. The highest BCUT2D eigenvalue weighted by atomic mass is 79.9. The third-order valence-electron chi connectivity index (χ3n) is 4.19. The maximum atomic E-state index is 4.40. The van der Waals surface area contributed by atoms with E-state index in [1.807, 2.05) is 12.4 Å². The molecule has 0 bridgehead atoms. The van der Waals surface area contributed by atoms with Gasteiger partial charge < -0.3 is 15.2 Å². The van der Waals surface area contributed by atoms with Gasteiger partial charge >= 0.3 is 0 Å². The maximum absolute atomic E-state index is 4.40. The lowest BCUT2D eigenvalue weighted by Crippen LogP contribution is -2.30. The summed E-state index contributed by atoms with van der Waals surface area (Å²) in [5.41, 5.74) is 2.26. The summed E-state index contributed by atoms with van der Waals surface area (Å²) in [5, 5.41) is 4.81. The molecule has 2 saturated heterocycles. The zero-order chi connectivity index (χ0) is 12.1. The lowest BCUT2D eigenvalue weighted by molar-refractivity contribution is 0.556. The summed E-state index contributed by atoms with van der Waals surface area (Å²) in [6, 6.07) is 2.78. The number of pyridine rings is 1. The van der Waals surface area contributed by atoms with Crippen LogP contribution in [0.2, 0.25) is 0 Å². The van der Waals surface area contributed by atoms with Gasteiger partial charge in [0, 0.05) is 36.9 Å². The monoisotopic (exact) mass is 306 g/mol. The van der Waals surface area contributed by atoms with Crippen LogP contribution in [0.4, 0.5) is 5.69 Å². The number of aromatic amines is 1. The van der Waals surface area contributed by atoms with Gasteiger partial charge in [-0.2, -0.15) is 0 Å². The summed E-state index contributed by atoms with van der Waals surface area (Å²) in [7, 11) is 0. The average molecular weight is 307 g/mol. The minimum atomic E-state index is 0.666. The van der Waals surface area contributed by atoms with Gasteiger partial charge in [0.15, 0.2) is 0 Å². The normalized spacial score (nSPS) is 27.1. The van der Waals surface area contributed by atoms with E-state index >= 15 is 0 Å². The Labute approximate surface area is 114 Å². The van der Waals surface area contributed by atoms with Crippen molar-refractivity contribution in [2.45, 2.75) is 12.5 Å². The minimum absolute atomic E-state index is 0.666. The van der Waals surface area contributed by atoms with Gasteiger partial charge in [-0.15, -0.1) is 0 Å². The quantitative estimate of drug-likeness (QED) is 0.848. The summed E-state index contributed by atoms with van der Waals surface area (Å²) >= 11 is 3.65. The van der Waals surface area contributed by atoms with Crippen molar-refractivity contribution in [3.05, 3.63) is 22.9 Å². The van der Waals surface area contributed by atoms with E-state index in [1.165, 1.54) is 24.0 Å². The van der Waals surface area contributed by atoms with Crippen LogP contribution < -0.4 is 10.2 Å². The molecule has 2 aliphatic rings. The fourth-order valence-electron chi connectivity index (χ4n) is 3.32. The Morgan fingerprint density at radius 1 is 1.39 bits per heavy atom. The number of fused-ring (bicyclic) bond motifs is 2. The van der Waals surface area contributed by atoms with Crippen LogP contribution in [0.3, 0.4) is 0 Å². The molecule has 4 nitrogen and oxygen atoms in total. The van der Waals surface area contributed by atoms with Crippen LogP contribution in [0.25, 0.3) is 11.0 Å². The topological polar surface area (TPSA) is 44.0 Å². The number of hydrogen-bond acceptors (Lipinski definition) is 3. The van der Waals surface area contributed by atoms with Gasteiger partial charge in [-0.1, -0.05) is 0 Å². The smallest absolute Gasteiger partial charge is 0.139 e. The highest BCUT2D eigenvalue weighted by Gasteiger charge is 2.37. The Hall–Kier alpha value is -1.07. The van der Waals surface area contributed by atoms with Gasteiger partial charge in [-0.25, -0.2) is 4.98 Å². The van der Waals surface area contributed by atoms with Gasteiger partial charge in [-0.05, 0) is 40.9 Å². The third-order valence-corrected chi connectivity index (χ3v) is 4.77. The zero-order valence-electron chi connectivity index (χ0n) is 9.99. The van der Waals surface area contributed by atoms with Crippen LogP contribution in [-0.2, 0) is 0 Å². The van der Waals surface area contributed by atoms with Crippen molar-refractivity contribution in [1.29, 1.82) is 0 Å². The average Bonchev–Trinajstić information content (AvgIpc) is 3.01. The van der Waals surface area contributed by atoms with Crippen molar-refractivity contribution in [2.75, 3.05) is 24.5 Å². The van der Waals surface area contributed by atoms with Crippen LogP contribution >= 0.6 is 15.9 Å². The number of H-pyrrole nitrogens is 1. The summed E-state index contributed by atoms with van der Waals surface area (Å²) in [6.45, 7) is 3.44. The van der Waals surface area contributed by atoms with Crippen molar-refractivity contribution in [3.8, 4) is 0 Å². The molecule has 0 aromatic carbocycles. The fourth-order valence-corrected chi connectivity index (χ4v) is 3.89. The lowest BCUT2D eigenvalue weighted by Gasteiger charge is -2.21. The molecule has 2 aromatic rings. The first-order valence-corrected chi connectivity index (χ1v) is 7.22. The summed E-state index contributed by atoms with van der Waals surface area (Å²) < 4.78 is 1.09. The molecule has 94 valence electrons. The molecular weight excluding hydrogens is 292 g/mol. The van der Waals surface area contributed by atoms with Gasteiger partial charge in [0.25, 0.3) is 0 Å². The van der Waals surface area contributed by atoms with E-state index in [4.69, 9.17) is 0 Å². The lowest BCUT2D eigenvalue weighted by atomic mass is 10.1. The molecule has 5 heteroatoms. The predicted octanol–water partition coefficient (Wildman–Crippen LogP) is 2.12. The van der Waals surface area contributed by atoms with Gasteiger partial charge in [0.1, 0.15) is 5.65 Å². The second-order valence-corrected chi connectivity index (χ2v) is 6.06. The van der Waals surface area contributed by atoms with Crippen LogP contribution in [0.5, 0.6) is 0 Å². The summed E-state index contributed by atoms with van der Waals surface area (Å²) in [6.07, 6.45) is 5.17. The Morgan fingerprint density at radius 3 is 3.22 bits per heavy atom. The summed E-state index contributed by atoms with van der Waals surface area (Å²) in [4.78, 5) is 10.1. The Balaban J connectivity index is 1.78. The molecule has 2 atom stereocenters. The molecule has 0 saturated carbocycles. The van der Waals surface area contributed by atoms with Crippen molar-refractivity contribution in [2.24, 2.45) is 5.92 Å². The predicted molar refractivity (Wildman–Crippen MR) is 75.9 cm³/mol. The molecule has 18 heavy (non-hydrogen) atoms. The second-order valence-electron chi connectivity index (χ2n) is 5.21. The van der Waals surface area contributed by atoms with E-state index < -0.39 is 0 Å². The number of hydrogen-bond donors (Lipinski definition) is 2. The molecule has 0 aliphatic carbocycles. The number of nitrogens with one attached hydrogen (secondary N) is 2. The van der Waals surface area contributed by atoms with Crippen LogP contribution in [-0.4, -0.2) is 35.6 Å². The molecule has 0 amide bonds. The van der Waals surface area contributed by atoms with E-state index in [2.05, 4.69) is 42.2 Å². The van der Waals surface area contributed by atoms with E-state index in [-0.39, 0.29) is 0 Å². The molecule has 2 aliphatic heterocycles. The maximum Gasteiger partial charge on any atom is 0.139 e. The largest absolute Gasteiger partial charge is 0.368 e. The van der Waals surface area contributed by atoms with E-state index in [9.17, 15) is 0 Å². The number of anilines is 1. The van der Waals surface area contributed by atoms with Crippen molar-refractivity contribution < 1.29 is 0 Å². The molecule has 2 unspecified atom stereocenters. The first-order chi connectivity index (χ1) is 8.83. The third kappa shape index (κ3) is 1.50. The molecule has 0 spiro atoms. The van der Waals surface area contributed by atoms with Gasteiger partial charge in [0.05, 0.1) is 10.2 Å². The first kappa shape index (κ1) is 10.8. The van der Waals surface area contributed by atoms with E-state index in [0.717, 1.165) is 29.1 Å². The first-order valence-electron chi connectivity index (χ1n) is 6.43. The Morgan fingerprint density at radius 2 is 2.33 bits per heavy atom. The molecule has 0 radical (unpaired) electrons. The molecular formula is C13H15BrN4. The fraction of sp³-hybridized carbons (Fsp3) is 0.462. The summed E-state index contributed by atoms with van der Waals surface area (Å²) in [5.74, 6) is 0.805. The van der Waals surface area contributed by atoms with E-state index in [1.54, 1.807) is 0 Å². The van der Waals surface area contributed by atoms with E-state index in [0.29, 0.717) is 6.04 Å². The SMILES string of the molecule is Brc1cnc2[nH]ccc2c1N1CC2CCNC2C1. The highest BCUT2D eigenvalue weighted by molar-refractivity contribution is 9.10. The minimum Gasteiger partial charge on any atom is -0.368 e. The van der Waals surface area contributed by atoms with Crippen LogP contribution in [0.1, 0.15) is 6.42 Å². The number of aromatic nitrogens is 2. The number of nitrogens with zero attached hydrogens (tertiary/aromatic N) is 2. The number of rotatable bonds is 1. The van der Waals surface area contributed by atoms with Crippen LogP contribution in [0.15, 0.2) is 22.9 Å². The standard InChI is InChI=1S/C13H15BrN4/c14-10-5-17-13-9(2-4-16-13)12(10)18-6-8-1-3-15-11(8)7-18/h2,4-5,8,11,15H,1,3,6-7H2,(H,16,17). The molecule has 2 aromatic heterocycles. The molecule has 2 fully saturated rings. The molecule has 4 heterocycles. The Bertz CT molecular complexity index is 582. The molecule has 2 N–H and O–H groups in total. The highest BCUT2D eigenvalue weighted by Crippen LogP contribution is 2.37. The molecule has 4 rings (SSSR count). The van der Waals surface area contributed by atoms with Crippen molar-refractivity contribution >= 4 is 32.7 Å². The van der Waals surface area contributed by atoms with Gasteiger partial charge in [-0.3, -0.25) is 0 Å². The van der Waals surface area contributed by atoms with Crippen LogP contribution in [0, 0.1) is 5.92 Å². The second kappa shape index (κ2) is 3.96. The Kier molecular flexibility index (Phi) is 2.38.